The highest BCUT2D eigenvalue weighted by molar-refractivity contribution is 7.21. The molecular weight excluding hydrogens is 428 g/mol. The molecule has 152 valence electrons. The minimum absolute atomic E-state index is 0.810. The molecule has 2 heterocycles. The fraction of sp³-hybridized carbons (Fsp3) is 0.0345. The fourth-order valence-corrected chi connectivity index (χ4v) is 6.04. The first-order valence-corrected chi connectivity index (χ1v) is 12.1. The van der Waals surface area contributed by atoms with Gasteiger partial charge in [-0.25, -0.2) is 0 Å². The van der Waals surface area contributed by atoms with Gasteiger partial charge in [-0.3, -0.25) is 0 Å². The molecule has 2 aromatic heterocycles. The lowest BCUT2D eigenvalue weighted by Crippen LogP contribution is -1.83. The number of hydrogen-bond acceptors (Lipinski definition) is 3. The van der Waals surface area contributed by atoms with Crippen LogP contribution in [0.25, 0.3) is 30.9 Å². The van der Waals surface area contributed by atoms with Gasteiger partial charge in [-0.05, 0) is 66.2 Å². The molecule has 6 aromatic rings. The Hall–Kier alpha value is -3.58. The second-order valence-electron chi connectivity index (χ2n) is 7.72. The normalized spacial score (nSPS) is 11.0. The zero-order chi connectivity index (χ0) is 21.5. The van der Waals surface area contributed by atoms with Crippen LogP contribution < -0.4 is 4.74 Å². The van der Waals surface area contributed by atoms with Crippen LogP contribution in [-0.4, -0.2) is 0 Å². The molecule has 0 fully saturated rings. The Balaban J connectivity index is 1.31. The van der Waals surface area contributed by atoms with E-state index in [4.69, 9.17) is 4.74 Å². The van der Waals surface area contributed by atoms with Crippen molar-refractivity contribution in [1.82, 2.24) is 0 Å². The van der Waals surface area contributed by atoms with Gasteiger partial charge in [-0.15, -0.1) is 22.7 Å². The second-order valence-corrected chi connectivity index (χ2v) is 10.0. The van der Waals surface area contributed by atoms with Crippen molar-refractivity contribution in [3.63, 3.8) is 0 Å². The zero-order valence-electron chi connectivity index (χ0n) is 17.4. The lowest BCUT2D eigenvalue weighted by molar-refractivity contribution is 0.482. The number of rotatable bonds is 2. The van der Waals surface area contributed by atoms with E-state index < -0.39 is 0 Å². The van der Waals surface area contributed by atoms with Gasteiger partial charge >= 0.3 is 0 Å². The molecule has 3 heteroatoms. The first kappa shape index (κ1) is 19.1. The Kier molecular flexibility index (Phi) is 4.69. The highest BCUT2D eigenvalue weighted by Crippen LogP contribution is 2.38. The van der Waals surface area contributed by atoms with Crippen molar-refractivity contribution in [2.75, 3.05) is 0 Å². The largest absolute Gasteiger partial charge is 0.457 e. The molecule has 4 aromatic carbocycles. The number of para-hydroxylation sites is 1. The lowest BCUT2D eigenvalue weighted by Gasteiger charge is -2.04. The molecule has 0 aliphatic rings. The van der Waals surface area contributed by atoms with Gasteiger partial charge in [0.05, 0.1) is 4.88 Å². The van der Waals surface area contributed by atoms with Crippen LogP contribution in [0.4, 0.5) is 0 Å². The van der Waals surface area contributed by atoms with E-state index >= 15 is 0 Å². The smallest absolute Gasteiger partial charge is 0.127 e. The summed E-state index contributed by atoms with van der Waals surface area (Å²) in [6.07, 6.45) is 0. The minimum atomic E-state index is 0.810. The van der Waals surface area contributed by atoms with E-state index in [0.29, 0.717) is 0 Å². The average molecular weight is 447 g/mol. The van der Waals surface area contributed by atoms with E-state index in [1.807, 2.05) is 65.9 Å². The first-order valence-electron chi connectivity index (χ1n) is 10.4. The molecule has 0 bridgehead atoms. The van der Waals surface area contributed by atoms with Gasteiger partial charge in [-0.2, -0.15) is 0 Å². The Labute approximate surface area is 194 Å². The van der Waals surface area contributed by atoms with Gasteiger partial charge in [0.25, 0.3) is 0 Å². The Morgan fingerprint density at radius 2 is 1.28 bits per heavy atom. The monoisotopic (exact) mass is 446 g/mol. The predicted octanol–water partition coefficient (Wildman–Crippen LogP) is 8.77. The summed E-state index contributed by atoms with van der Waals surface area (Å²) in [6, 6.07) is 31.2. The summed E-state index contributed by atoms with van der Waals surface area (Å²) in [7, 11) is 0. The maximum Gasteiger partial charge on any atom is 0.127 e. The molecule has 0 atom stereocenters. The molecule has 0 saturated heterocycles. The quantitative estimate of drug-likeness (QED) is 0.242. The van der Waals surface area contributed by atoms with Crippen molar-refractivity contribution in [1.29, 1.82) is 0 Å². The SMILES string of the molecule is Cc1cc2ccc3c(ccc4cc(C#Cc5ccc(Oc6ccccc6)cc5)sc43)c2s1. The third-order valence-corrected chi connectivity index (χ3v) is 7.65. The Morgan fingerprint density at radius 3 is 2.03 bits per heavy atom. The van der Waals surface area contributed by atoms with Crippen molar-refractivity contribution < 1.29 is 4.74 Å². The molecule has 0 spiro atoms. The predicted molar refractivity (Wildman–Crippen MR) is 138 cm³/mol. The van der Waals surface area contributed by atoms with Crippen LogP contribution in [-0.2, 0) is 0 Å². The van der Waals surface area contributed by atoms with Gasteiger partial charge in [0.2, 0.25) is 0 Å². The highest BCUT2D eigenvalue weighted by Gasteiger charge is 2.09. The summed E-state index contributed by atoms with van der Waals surface area (Å²) in [6.45, 7) is 2.17. The maximum absolute atomic E-state index is 5.86. The molecule has 6 rings (SSSR count). The van der Waals surface area contributed by atoms with Crippen LogP contribution in [0.2, 0.25) is 0 Å². The lowest BCUT2D eigenvalue weighted by atomic mass is 10.1. The molecule has 0 aliphatic heterocycles. The molecule has 0 saturated carbocycles. The number of benzene rings is 4. The van der Waals surface area contributed by atoms with Crippen LogP contribution in [0.15, 0.2) is 91.0 Å². The summed E-state index contributed by atoms with van der Waals surface area (Å²) in [5.74, 6) is 8.30. The second kappa shape index (κ2) is 7.84. The van der Waals surface area contributed by atoms with Gasteiger partial charge in [-0.1, -0.05) is 54.3 Å². The molecule has 0 aliphatic carbocycles. The number of thiophene rings is 2. The zero-order valence-corrected chi connectivity index (χ0v) is 19.0. The fourth-order valence-electron chi connectivity index (χ4n) is 3.96. The van der Waals surface area contributed by atoms with E-state index in [9.17, 15) is 0 Å². The Bertz CT molecular complexity index is 1640. The van der Waals surface area contributed by atoms with Crippen LogP contribution in [0.1, 0.15) is 15.3 Å². The number of aryl methyl sites for hydroxylation is 1. The highest BCUT2D eigenvalue weighted by atomic mass is 32.1. The molecular formula is C29H18OS2. The van der Waals surface area contributed by atoms with E-state index in [-0.39, 0.29) is 0 Å². The van der Waals surface area contributed by atoms with Crippen LogP contribution >= 0.6 is 22.7 Å². The minimum Gasteiger partial charge on any atom is -0.457 e. The van der Waals surface area contributed by atoms with E-state index in [2.05, 4.69) is 55.2 Å². The number of ether oxygens (including phenoxy) is 1. The van der Waals surface area contributed by atoms with Crippen LogP contribution in [0, 0.1) is 18.8 Å². The van der Waals surface area contributed by atoms with Crippen molar-refractivity contribution in [2.24, 2.45) is 0 Å². The van der Waals surface area contributed by atoms with Gasteiger partial charge in [0.15, 0.2) is 0 Å². The van der Waals surface area contributed by atoms with Crippen molar-refractivity contribution in [3.8, 4) is 23.3 Å². The molecule has 0 amide bonds. The summed E-state index contributed by atoms with van der Waals surface area (Å²) in [4.78, 5) is 2.44. The van der Waals surface area contributed by atoms with Crippen molar-refractivity contribution in [3.05, 3.63) is 106 Å². The van der Waals surface area contributed by atoms with Crippen molar-refractivity contribution in [2.45, 2.75) is 6.92 Å². The van der Waals surface area contributed by atoms with E-state index in [1.54, 1.807) is 11.3 Å². The maximum atomic E-state index is 5.86. The van der Waals surface area contributed by atoms with Gasteiger partial charge in [0.1, 0.15) is 11.5 Å². The van der Waals surface area contributed by atoms with Crippen LogP contribution in [0.3, 0.4) is 0 Å². The summed E-state index contributed by atoms with van der Waals surface area (Å²) in [5, 5.41) is 5.24. The molecule has 0 unspecified atom stereocenters. The number of hydrogen-bond donors (Lipinski definition) is 0. The van der Waals surface area contributed by atoms with E-state index in [0.717, 1.165) is 21.9 Å². The van der Waals surface area contributed by atoms with Crippen molar-refractivity contribution >= 4 is 53.6 Å². The summed E-state index contributed by atoms with van der Waals surface area (Å²) >= 11 is 3.65. The topological polar surface area (TPSA) is 9.23 Å². The average Bonchev–Trinajstić information content (AvgIpc) is 3.41. The van der Waals surface area contributed by atoms with Gasteiger partial charge in [0, 0.05) is 30.6 Å². The first-order chi connectivity index (χ1) is 15.7. The number of fused-ring (bicyclic) bond motifs is 5. The molecule has 1 nitrogen and oxygen atoms in total. The standard InChI is InChI=1S/C29H18OS2/c1-19-17-21-10-15-27-26(28(21)31-19)16-11-22-18-25(32-29(22)27)14-9-20-7-12-24(13-8-20)30-23-5-3-2-4-6-23/h2-8,10-13,15-18H,1H3. The summed E-state index contributed by atoms with van der Waals surface area (Å²) < 4.78 is 8.55. The summed E-state index contributed by atoms with van der Waals surface area (Å²) in [5.41, 5.74) is 0.975. The van der Waals surface area contributed by atoms with Crippen LogP contribution in [0.5, 0.6) is 11.5 Å². The third-order valence-electron chi connectivity index (χ3n) is 5.45. The Morgan fingerprint density at radius 1 is 0.625 bits per heavy atom. The molecule has 0 N–H and O–H groups in total. The van der Waals surface area contributed by atoms with Gasteiger partial charge < -0.3 is 4.74 Å². The molecule has 32 heavy (non-hydrogen) atoms. The van der Waals surface area contributed by atoms with E-state index in [1.165, 1.54) is 35.8 Å². The molecule has 0 radical (unpaired) electrons. The third kappa shape index (κ3) is 3.54.